The van der Waals surface area contributed by atoms with Crippen LogP contribution in [0.3, 0.4) is 0 Å². The van der Waals surface area contributed by atoms with Crippen LogP contribution in [0, 0.1) is 6.92 Å². The molecule has 0 atom stereocenters. The van der Waals surface area contributed by atoms with E-state index >= 15 is 0 Å². The van der Waals surface area contributed by atoms with E-state index in [4.69, 9.17) is 10.3 Å². The van der Waals surface area contributed by atoms with Crippen LogP contribution in [0.2, 0.25) is 0 Å². The molecule has 2 amide bonds. The fourth-order valence-corrected chi connectivity index (χ4v) is 4.35. The van der Waals surface area contributed by atoms with Crippen molar-refractivity contribution in [1.29, 1.82) is 0 Å². The quantitative estimate of drug-likeness (QED) is 0.657. The summed E-state index contributed by atoms with van der Waals surface area (Å²) in [5.74, 6) is 0.366. The Morgan fingerprint density at radius 3 is 2.93 bits per heavy atom. The molecular formula is C19H21N5O3S. The number of amides is 2. The zero-order valence-corrected chi connectivity index (χ0v) is 16.4. The van der Waals surface area contributed by atoms with Crippen LogP contribution >= 0.6 is 11.3 Å². The molecule has 1 fully saturated rings. The van der Waals surface area contributed by atoms with Crippen LogP contribution in [-0.4, -0.2) is 44.5 Å². The van der Waals surface area contributed by atoms with Gasteiger partial charge in [0.15, 0.2) is 10.8 Å². The van der Waals surface area contributed by atoms with Crippen molar-refractivity contribution in [1.82, 2.24) is 19.6 Å². The number of thiazole rings is 1. The zero-order chi connectivity index (χ0) is 19.7. The summed E-state index contributed by atoms with van der Waals surface area (Å²) < 4.78 is 7.23. The minimum absolute atomic E-state index is 0.221. The number of rotatable bonds is 7. The number of carbonyl (C=O) groups is 2. The normalized spacial score (nSPS) is 14.2. The summed E-state index contributed by atoms with van der Waals surface area (Å²) in [5.41, 5.74) is 8.44. The average molecular weight is 399 g/mol. The van der Waals surface area contributed by atoms with Gasteiger partial charge in [0, 0.05) is 43.2 Å². The van der Waals surface area contributed by atoms with Crippen LogP contribution in [0.25, 0.3) is 22.2 Å². The van der Waals surface area contributed by atoms with Crippen LogP contribution < -0.4 is 5.73 Å². The lowest BCUT2D eigenvalue weighted by Crippen LogP contribution is -2.26. The molecule has 2 N–H and O–H groups in total. The molecule has 146 valence electrons. The second-order valence-corrected chi connectivity index (χ2v) is 7.66. The first-order valence-corrected chi connectivity index (χ1v) is 10.1. The molecule has 0 unspecified atom stereocenters. The number of primary amides is 1. The highest BCUT2D eigenvalue weighted by Gasteiger charge is 2.22. The topological polar surface area (TPSA) is 107 Å². The van der Waals surface area contributed by atoms with Crippen molar-refractivity contribution in [3.05, 3.63) is 35.0 Å². The van der Waals surface area contributed by atoms with Crippen molar-refractivity contribution in [2.75, 3.05) is 13.1 Å². The van der Waals surface area contributed by atoms with Crippen molar-refractivity contribution in [3.63, 3.8) is 0 Å². The van der Waals surface area contributed by atoms with E-state index in [-0.39, 0.29) is 5.91 Å². The monoisotopic (exact) mass is 399 g/mol. The summed E-state index contributed by atoms with van der Waals surface area (Å²) in [6, 6.07) is 3.55. The Hall–Kier alpha value is -2.94. The fraction of sp³-hybridized carbons (Fsp3) is 0.368. The standard InChI is InChI=1S/C19H21N5O3S/c1-12-13(18(20)26)10-15(14-11-28-19(22-14)16-5-6-21-27-16)24(12)9-3-8-23-7-2-4-17(23)25/h5-6,10-11H,2-4,7-9H2,1H3,(H2,20,26). The lowest BCUT2D eigenvalue weighted by molar-refractivity contribution is -0.127. The van der Waals surface area contributed by atoms with Gasteiger partial charge in [-0.2, -0.15) is 0 Å². The highest BCUT2D eigenvalue weighted by Crippen LogP contribution is 2.31. The SMILES string of the molecule is Cc1c(C(N)=O)cc(-c2csc(-c3ccno3)n2)n1CCCN1CCCC1=O. The van der Waals surface area contributed by atoms with Crippen molar-refractivity contribution in [2.45, 2.75) is 32.7 Å². The van der Waals surface area contributed by atoms with Gasteiger partial charge in [0.25, 0.3) is 5.91 Å². The maximum absolute atomic E-state index is 11.9. The van der Waals surface area contributed by atoms with Gasteiger partial charge in [0.1, 0.15) is 0 Å². The van der Waals surface area contributed by atoms with E-state index in [9.17, 15) is 9.59 Å². The highest BCUT2D eigenvalue weighted by molar-refractivity contribution is 7.13. The van der Waals surface area contributed by atoms with Crippen molar-refractivity contribution in [2.24, 2.45) is 5.73 Å². The fourth-order valence-electron chi connectivity index (χ4n) is 3.59. The molecule has 0 saturated carbocycles. The zero-order valence-electron chi connectivity index (χ0n) is 15.6. The number of nitrogens with zero attached hydrogens (tertiary/aromatic N) is 4. The van der Waals surface area contributed by atoms with Crippen LogP contribution in [0.5, 0.6) is 0 Å². The molecule has 1 aliphatic rings. The first-order chi connectivity index (χ1) is 13.5. The smallest absolute Gasteiger partial charge is 0.250 e. The third-order valence-corrected chi connectivity index (χ3v) is 5.89. The second-order valence-electron chi connectivity index (χ2n) is 6.80. The van der Waals surface area contributed by atoms with E-state index in [1.165, 1.54) is 11.3 Å². The lowest BCUT2D eigenvalue weighted by Gasteiger charge is -2.17. The van der Waals surface area contributed by atoms with E-state index in [1.807, 2.05) is 17.2 Å². The summed E-state index contributed by atoms with van der Waals surface area (Å²) >= 11 is 1.45. The molecule has 0 spiro atoms. The number of nitrogens with two attached hydrogens (primary N) is 1. The molecule has 28 heavy (non-hydrogen) atoms. The molecule has 0 bridgehead atoms. The molecule has 3 aromatic heterocycles. The predicted octanol–water partition coefficient (Wildman–Crippen LogP) is 2.69. The first kappa shape index (κ1) is 18.4. The van der Waals surface area contributed by atoms with Gasteiger partial charge in [-0.15, -0.1) is 11.3 Å². The van der Waals surface area contributed by atoms with E-state index in [2.05, 4.69) is 14.7 Å². The van der Waals surface area contributed by atoms with Crippen LogP contribution in [-0.2, 0) is 11.3 Å². The number of likely N-dealkylation sites (tertiary alicyclic amines) is 1. The molecule has 8 nitrogen and oxygen atoms in total. The molecule has 1 saturated heterocycles. The van der Waals surface area contributed by atoms with E-state index in [1.54, 1.807) is 18.3 Å². The number of hydrogen-bond donors (Lipinski definition) is 1. The Morgan fingerprint density at radius 2 is 2.25 bits per heavy atom. The minimum Gasteiger partial charge on any atom is -0.366 e. The largest absolute Gasteiger partial charge is 0.366 e. The van der Waals surface area contributed by atoms with Gasteiger partial charge in [0.05, 0.1) is 23.1 Å². The molecule has 4 rings (SSSR count). The highest BCUT2D eigenvalue weighted by atomic mass is 32.1. The molecule has 9 heteroatoms. The molecule has 4 heterocycles. The molecule has 3 aromatic rings. The Bertz CT molecular complexity index is 1010. The van der Waals surface area contributed by atoms with E-state index in [0.29, 0.717) is 30.8 Å². The molecular weight excluding hydrogens is 378 g/mol. The maximum Gasteiger partial charge on any atom is 0.250 e. The minimum atomic E-state index is -0.460. The van der Waals surface area contributed by atoms with Crippen molar-refractivity contribution < 1.29 is 14.1 Å². The summed E-state index contributed by atoms with van der Waals surface area (Å²) in [6.45, 7) is 4.10. The summed E-state index contributed by atoms with van der Waals surface area (Å²) in [4.78, 5) is 30.2. The van der Waals surface area contributed by atoms with Crippen molar-refractivity contribution >= 4 is 23.2 Å². The van der Waals surface area contributed by atoms with Crippen molar-refractivity contribution in [3.8, 4) is 22.2 Å². The second kappa shape index (κ2) is 7.59. The molecule has 0 radical (unpaired) electrons. The Balaban J connectivity index is 1.60. The molecule has 0 aromatic carbocycles. The van der Waals surface area contributed by atoms with Gasteiger partial charge in [-0.05, 0) is 25.8 Å². The third kappa shape index (κ3) is 3.45. The lowest BCUT2D eigenvalue weighted by atomic mass is 10.2. The van der Waals surface area contributed by atoms with E-state index in [0.717, 1.165) is 41.5 Å². The van der Waals surface area contributed by atoms with Gasteiger partial charge in [0.2, 0.25) is 5.91 Å². The maximum atomic E-state index is 11.9. The Kier molecular flexibility index (Phi) is 4.99. The summed E-state index contributed by atoms with van der Waals surface area (Å²) in [7, 11) is 0. The van der Waals surface area contributed by atoms with Gasteiger partial charge in [-0.3, -0.25) is 9.59 Å². The first-order valence-electron chi connectivity index (χ1n) is 9.19. The van der Waals surface area contributed by atoms with Gasteiger partial charge in [-0.25, -0.2) is 4.98 Å². The van der Waals surface area contributed by atoms with Crippen LogP contribution in [0.4, 0.5) is 0 Å². The average Bonchev–Trinajstić information content (AvgIpc) is 3.43. The summed E-state index contributed by atoms with van der Waals surface area (Å²) in [6.07, 6.45) is 3.95. The van der Waals surface area contributed by atoms with Gasteiger partial charge < -0.3 is 19.7 Å². The van der Waals surface area contributed by atoms with Gasteiger partial charge in [-0.1, -0.05) is 5.16 Å². The predicted molar refractivity (Wildman–Crippen MR) is 105 cm³/mol. The van der Waals surface area contributed by atoms with Gasteiger partial charge >= 0.3 is 0 Å². The Labute approximate surface area is 165 Å². The van der Waals surface area contributed by atoms with E-state index < -0.39 is 5.91 Å². The van der Waals surface area contributed by atoms with Crippen LogP contribution in [0.1, 0.15) is 35.3 Å². The summed E-state index contributed by atoms with van der Waals surface area (Å²) in [5, 5.41) is 6.37. The number of carbonyl (C=O) groups excluding carboxylic acids is 2. The third-order valence-electron chi connectivity index (χ3n) is 5.03. The number of aromatic nitrogens is 3. The molecule has 1 aliphatic heterocycles. The number of hydrogen-bond acceptors (Lipinski definition) is 6. The van der Waals surface area contributed by atoms with Crippen LogP contribution in [0.15, 0.2) is 28.2 Å². The Morgan fingerprint density at radius 1 is 1.39 bits per heavy atom. The molecule has 0 aliphatic carbocycles.